The van der Waals surface area contributed by atoms with E-state index in [1.54, 1.807) is 23.1 Å². The molecule has 1 amide bonds. The maximum atomic E-state index is 11.7. The molecule has 1 unspecified atom stereocenters. The predicted molar refractivity (Wildman–Crippen MR) is 72.5 cm³/mol. The topological polar surface area (TPSA) is 54.0 Å². The van der Waals surface area contributed by atoms with Gasteiger partial charge in [-0.1, -0.05) is 6.92 Å². The zero-order valence-corrected chi connectivity index (χ0v) is 11.5. The van der Waals surface area contributed by atoms with Crippen LogP contribution in [-0.2, 0) is 17.6 Å². The third kappa shape index (κ3) is 3.69. The van der Waals surface area contributed by atoms with Crippen molar-refractivity contribution in [2.45, 2.75) is 25.8 Å². The Kier molecular flexibility index (Phi) is 4.82. The summed E-state index contributed by atoms with van der Waals surface area (Å²) in [5, 5.41) is 9.35. The average molecular weight is 271 g/mol. The standard InChI is InChI=1S/C11H17N3OS2/c1-2-10-14-8(5-17-10)3-4-12-11(15)9-6-16-7-13-9/h5,9,13H,2-4,6-7H2,1H3,(H,12,15). The molecule has 1 aliphatic rings. The Morgan fingerprint density at radius 2 is 2.59 bits per heavy atom. The number of aromatic nitrogens is 1. The Bertz CT molecular complexity index is 375. The van der Waals surface area contributed by atoms with Crippen LogP contribution in [0.15, 0.2) is 5.38 Å². The lowest BCUT2D eigenvalue weighted by Gasteiger charge is -2.09. The molecule has 0 spiro atoms. The molecule has 0 aromatic carbocycles. The normalized spacial score (nSPS) is 19.5. The Morgan fingerprint density at radius 3 is 3.24 bits per heavy atom. The second kappa shape index (κ2) is 6.37. The molecule has 2 rings (SSSR count). The van der Waals surface area contributed by atoms with Gasteiger partial charge in [0.25, 0.3) is 0 Å². The third-order valence-corrected chi connectivity index (χ3v) is 4.60. The summed E-state index contributed by atoms with van der Waals surface area (Å²) in [6.07, 6.45) is 1.81. The number of carbonyl (C=O) groups is 1. The van der Waals surface area contributed by atoms with E-state index in [1.165, 1.54) is 5.01 Å². The van der Waals surface area contributed by atoms with E-state index >= 15 is 0 Å². The van der Waals surface area contributed by atoms with Crippen LogP contribution >= 0.6 is 23.1 Å². The van der Waals surface area contributed by atoms with Gasteiger partial charge in [0.15, 0.2) is 0 Å². The van der Waals surface area contributed by atoms with E-state index < -0.39 is 0 Å². The Balaban J connectivity index is 1.69. The number of hydrogen-bond donors (Lipinski definition) is 2. The largest absolute Gasteiger partial charge is 0.354 e. The number of carbonyl (C=O) groups excluding carboxylic acids is 1. The fourth-order valence-corrected chi connectivity index (χ4v) is 3.35. The molecule has 1 atom stereocenters. The van der Waals surface area contributed by atoms with Gasteiger partial charge in [0.2, 0.25) is 5.91 Å². The molecule has 1 aromatic rings. The number of aryl methyl sites for hydroxylation is 1. The zero-order chi connectivity index (χ0) is 12.1. The molecule has 1 saturated heterocycles. The van der Waals surface area contributed by atoms with Gasteiger partial charge in [-0.25, -0.2) is 4.98 Å². The number of thiazole rings is 1. The minimum Gasteiger partial charge on any atom is -0.354 e. The van der Waals surface area contributed by atoms with Crippen molar-refractivity contribution in [1.82, 2.24) is 15.6 Å². The van der Waals surface area contributed by atoms with E-state index in [4.69, 9.17) is 0 Å². The van der Waals surface area contributed by atoms with Crippen molar-refractivity contribution in [2.75, 3.05) is 18.2 Å². The molecule has 0 radical (unpaired) electrons. The molecule has 94 valence electrons. The highest BCUT2D eigenvalue weighted by atomic mass is 32.2. The summed E-state index contributed by atoms with van der Waals surface area (Å²) in [6.45, 7) is 2.78. The highest BCUT2D eigenvalue weighted by Gasteiger charge is 2.21. The summed E-state index contributed by atoms with van der Waals surface area (Å²) in [7, 11) is 0. The SMILES string of the molecule is CCc1nc(CCNC(=O)C2CSCN2)cs1. The molecule has 17 heavy (non-hydrogen) atoms. The van der Waals surface area contributed by atoms with Gasteiger partial charge in [0.1, 0.15) is 0 Å². The summed E-state index contributed by atoms with van der Waals surface area (Å²) in [6, 6.07) is -0.0124. The van der Waals surface area contributed by atoms with E-state index in [-0.39, 0.29) is 11.9 Å². The molecule has 4 nitrogen and oxygen atoms in total. The van der Waals surface area contributed by atoms with Crippen LogP contribution < -0.4 is 10.6 Å². The first kappa shape index (κ1) is 12.9. The lowest BCUT2D eigenvalue weighted by molar-refractivity contribution is -0.122. The van der Waals surface area contributed by atoms with Gasteiger partial charge in [-0.3, -0.25) is 10.1 Å². The maximum Gasteiger partial charge on any atom is 0.238 e. The van der Waals surface area contributed by atoms with Gasteiger partial charge in [-0.2, -0.15) is 0 Å². The van der Waals surface area contributed by atoms with Crippen molar-refractivity contribution >= 4 is 29.0 Å². The van der Waals surface area contributed by atoms with Crippen molar-refractivity contribution < 1.29 is 4.79 Å². The molecule has 6 heteroatoms. The van der Waals surface area contributed by atoms with E-state index in [9.17, 15) is 4.79 Å². The van der Waals surface area contributed by atoms with E-state index in [2.05, 4.69) is 27.9 Å². The van der Waals surface area contributed by atoms with E-state index in [0.29, 0.717) is 6.54 Å². The first-order valence-corrected chi connectivity index (χ1v) is 7.85. The molecule has 0 saturated carbocycles. The van der Waals surface area contributed by atoms with Crippen LogP contribution in [0, 0.1) is 0 Å². The minimum atomic E-state index is -0.0124. The monoisotopic (exact) mass is 271 g/mol. The van der Waals surface area contributed by atoms with Gasteiger partial charge in [0.05, 0.1) is 16.7 Å². The lowest BCUT2D eigenvalue weighted by atomic mass is 10.3. The van der Waals surface area contributed by atoms with Crippen molar-refractivity contribution in [1.29, 1.82) is 0 Å². The molecule has 2 N–H and O–H groups in total. The minimum absolute atomic E-state index is 0.0124. The van der Waals surface area contributed by atoms with Gasteiger partial charge in [0, 0.05) is 30.0 Å². The van der Waals surface area contributed by atoms with Gasteiger partial charge >= 0.3 is 0 Å². The number of thioether (sulfide) groups is 1. The Labute approximate surface area is 110 Å². The summed E-state index contributed by atoms with van der Waals surface area (Å²) < 4.78 is 0. The highest BCUT2D eigenvalue weighted by Crippen LogP contribution is 2.11. The zero-order valence-electron chi connectivity index (χ0n) is 9.86. The summed E-state index contributed by atoms with van der Waals surface area (Å²) in [5.41, 5.74) is 1.08. The summed E-state index contributed by atoms with van der Waals surface area (Å²) >= 11 is 3.46. The predicted octanol–water partition coefficient (Wildman–Crippen LogP) is 1.03. The molecule has 1 fully saturated rings. The Morgan fingerprint density at radius 1 is 1.71 bits per heavy atom. The van der Waals surface area contributed by atoms with Crippen molar-refractivity contribution in [2.24, 2.45) is 0 Å². The number of rotatable bonds is 5. The van der Waals surface area contributed by atoms with Crippen LogP contribution in [0.1, 0.15) is 17.6 Å². The molecule has 2 heterocycles. The first-order chi connectivity index (χ1) is 8.29. The second-order valence-corrected chi connectivity index (χ2v) is 5.87. The lowest BCUT2D eigenvalue weighted by Crippen LogP contribution is -2.42. The molecule has 1 aliphatic heterocycles. The van der Waals surface area contributed by atoms with Gasteiger partial charge in [-0.15, -0.1) is 23.1 Å². The quantitative estimate of drug-likeness (QED) is 0.840. The average Bonchev–Trinajstić information content (AvgIpc) is 3.00. The molecule has 0 aliphatic carbocycles. The Hall–Kier alpha value is -0.590. The molecular formula is C11H17N3OS2. The van der Waals surface area contributed by atoms with Crippen LogP contribution in [0.4, 0.5) is 0 Å². The summed E-state index contributed by atoms with van der Waals surface area (Å²) in [5.74, 6) is 1.87. The van der Waals surface area contributed by atoms with Gasteiger partial charge < -0.3 is 5.32 Å². The number of hydrogen-bond acceptors (Lipinski definition) is 5. The number of amides is 1. The van der Waals surface area contributed by atoms with Crippen molar-refractivity contribution in [3.63, 3.8) is 0 Å². The molecular weight excluding hydrogens is 254 g/mol. The van der Waals surface area contributed by atoms with E-state index in [1.807, 2.05) is 0 Å². The van der Waals surface area contributed by atoms with Crippen LogP contribution in [0.3, 0.4) is 0 Å². The number of nitrogens with zero attached hydrogens (tertiary/aromatic N) is 1. The number of nitrogens with one attached hydrogen (secondary N) is 2. The second-order valence-electron chi connectivity index (χ2n) is 3.90. The molecule has 0 bridgehead atoms. The van der Waals surface area contributed by atoms with Crippen molar-refractivity contribution in [3.05, 3.63) is 16.1 Å². The third-order valence-electron chi connectivity index (χ3n) is 2.61. The smallest absolute Gasteiger partial charge is 0.238 e. The van der Waals surface area contributed by atoms with Crippen LogP contribution in [-0.4, -0.2) is 35.1 Å². The summed E-state index contributed by atoms with van der Waals surface area (Å²) in [4.78, 5) is 16.2. The van der Waals surface area contributed by atoms with Crippen molar-refractivity contribution in [3.8, 4) is 0 Å². The van der Waals surface area contributed by atoms with Crippen LogP contribution in [0.2, 0.25) is 0 Å². The van der Waals surface area contributed by atoms with Gasteiger partial charge in [-0.05, 0) is 6.42 Å². The first-order valence-electron chi connectivity index (χ1n) is 5.81. The fourth-order valence-electron chi connectivity index (χ4n) is 1.63. The molecule has 1 aromatic heterocycles. The maximum absolute atomic E-state index is 11.7. The van der Waals surface area contributed by atoms with E-state index in [0.717, 1.165) is 30.2 Å². The van der Waals surface area contributed by atoms with Crippen LogP contribution in [0.5, 0.6) is 0 Å². The van der Waals surface area contributed by atoms with Crippen LogP contribution in [0.25, 0.3) is 0 Å². The highest BCUT2D eigenvalue weighted by molar-refractivity contribution is 7.99. The fraction of sp³-hybridized carbons (Fsp3) is 0.636.